The van der Waals surface area contributed by atoms with Crippen molar-refractivity contribution >= 4 is 6.09 Å². The predicted molar refractivity (Wildman–Crippen MR) is 84.4 cm³/mol. The van der Waals surface area contributed by atoms with Crippen molar-refractivity contribution in [3.63, 3.8) is 0 Å². The standard InChI is InChI=1S/C16H31N3O2/c1-16(2,3)21-15(20)19-9-6-14(12-19)11-18-10-13-4-7-17-8-5-13/h13-14,17-18H,4-12H2,1-3H3. The smallest absolute Gasteiger partial charge is 0.410 e. The van der Waals surface area contributed by atoms with Crippen molar-refractivity contribution < 1.29 is 9.53 Å². The fraction of sp³-hybridized carbons (Fsp3) is 0.938. The first-order valence-corrected chi connectivity index (χ1v) is 8.33. The molecule has 2 heterocycles. The van der Waals surface area contributed by atoms with Crippen LogP contribution in [0, 0.1) is 11.8 Å². The van der Waals surface area contributed by atoms with Crippen LogP contribution in [0.3, 0.4) is 0 Å². The summed E-state index contributed by atoms with van der Waals surface area (Å²) in [5.41, 5.74) is -0.400. The van der Waals surface area contributed by atoms with Crippen molar-refractivity contribution in [1.82, 2.24) is 15.5 Å². The number of nitrogens with one attached hydrogen (secondary N) is 2. The fourth-order valence-electron chi connectivity index (χ4n) is 3.07. The van der Waals surface area contributed by atoms with Gasteiger partial charge in [-0.1, -0.05) is 0 Å². The van der Waals surface area contributed by atoms with Crippen molar-refractivity contribution in [3.8, 4) is 0 Å². The van der Waals surface area contributed by atoms with Crippen LogP contribution in [0.5, 0.6) is 0 Å². The summed E-state index contributed by atoms with van der Waals surface area (Å²) in [4.78, 5) is 13.9. The molecule has 1 amide bonds. The van der Waals surface area contributed by atoms with E-state index in [1.165, 1.54) is 12.8 Å². The monoisotopic (exact) mass is 297 g/mol. The molecule has 5 heteroatoms. The summed E-state index contributed by atoms with van der Waals surface area (Å²) < 4.78 is 5.43. The number of carbonyl (C=O) groups is 1. The third kappa shape index (κ3) is 5.83. The predicted octanol–water partition coefficient (Wildman–Crippen LogP) is 1.83. The van der Waals surface area contributed by atoms with E-state index in [9.17, 15) is 4.79 Å². The minimum absolute atomic E-state index is 0.164. The quantitative estimate of drug-likeness (QED) is 0.831. The van der Waals surface area contributed by atoms with Crippen LogP contribution in [0.4, 0.5) is 4.79 Å². The highest BCUT2D eigenvalue weighted by molar-refractivity contribution is 5.68. The lowest BCUT2D eigenvalue weighted by molar-refractivity contribution is 0.0288. The lowest BCUT2D eigenvalue weighted by Gasteiger charge is -2.25. The summed E-state index contributed by atoms with van der Waals surface area (Å²) in [6, 6.07) is 0. The number of ether oxygens (including phenoxy) is 1. The molecule has 2 aliphatic rings. The molecule has 1 unspecified atom stereocenters. The van der Waals surface area contributed by atoms with Crippen LogP contribution in [0.25, 0.3) is 0 Å². The van der Waals surface area contributed by atoms with Gasteiger partial charge in [0.05, 0.1) is 0 Å². The second-order valence-electron chi connectivity index (χ2n) is 7.43. The molecule has 2 fully saturated rings. The second-order valence-corrected chi connectivity index (χ2v) is 7.43. The molecule has 0 radical (unpaired) electrons. The van der Waals surface area contributed by atoms with E-state index in [-0.39, 0.29) is 6.09 Å². The number of likely N-dealkylation sites (tertiary alicyclic amines) is 1. The normalized spacial score (nSPS) is 24.3. The van der Waals surface area contributed by atoms with Gasteiger partial charge >= 0.3 is 6.09 Å². The van der Waals surface area contributed by atoms with E-state index in [4.69, 9.17) is 4.74 Å². The number of hydrogen-bond acceptors (Lipinski definition) is 4. The van der Waals surface area contributed by atoms with E-state index in [1.807, 2.05) is 25.7 Å². The number of rotatable bonds is 4. The summed E-state index contributed by atoms with van der Waals surface area (Å²) in [6.45, 7) is 11.8. The Morgan fingerprint density at radius 1 is 1.19 bits per heavy atom. The summed E-state index contributed by atoms with van der Waals surface area (Å²) in [5, 5.41) is 7.00. The summed E-state index contributed by atoms with van der Waals surface area (Å²) in [7, 11) is 0. The maximum atomic E-state index is 12.0. The first kappa shape index (κ1) is 16.6. The third-order valence-electron chi connectivity index (χ3n) is 4.26. The third-order valence-corrected chi connectivity index (χ3v) is 4.26. The highest BCUT2D eigenvalue weighted by Crippen LogP contribution is 2.19. The molecule has 2 aliphatic heterocycles. The van der Waals surface area contributed by atoms with E-state index in [1.54, 1.807) is 0 Å². The van der Waals surface area contributed by atoms with Crippen molar-refractivity contribution in [1.29, 1.82) is 0 Å². The van der Waals surface area contributed by atoms with Gasteiger partial charge in [-0.05, 0) is 78.0 Å². The van der Waals surface area contributed by atoms with Gasteiger partial charge in [-0.25, -0.2) is 4.79 Å². The Bertz CT molecular complexity index is 335. The van der Waals surface area contributed by atoms with Gasteiger partial charge in [0.15, 0.2) is 0 Å². The van der Waals surface area contributed by atoms with Crippen LogP contribution < -0.4 is 10.6 Å². The molecule has 21 heavy (non-hydrogen) atoms. The van der Waals surface area contributed by atoms with E-state index in [0.717, 1.165) is 51.6 Å². The molecule has 0 aromatic rings. The van der Waals surface area contributed by atoms with Gasteiger partial charge in [0.2, 0.25) is 0 Å². The van der Waals surface area contributed by atoms with Gasteiger partial charge in [0.25, 0.3) is 0 Å². The number of carbonyl (C=O) groups excluding carboxylic acids is 1. The lowest BCUT2D eigenvalue weighted by atomic mass is 9.98. The molecule has 0 spiro atoms. The molecule has 0 aliphatic carbocycles. The highest BCUT2D eigenvalue weighted by Gasteiger charge is 2.29. The first-order chi connectivity index (χ1) is 9.94. The Morgan fingerprint density at radius 2 is 1.86 bits per heavy atom. The first-order valence-electron chi connectivity index (χ1n) is 8.33. The van der Waals surface area contributed by atoms with Crippen molar-refractivity contribution in [3.05, 3.63) is 0 Å². The topological polar surface area (TPSA) is 53.6 Å². The zero-order chi connectivity index (χ0) is 15.3. The molecular formula is C16H31N3O2. The number of nitrogens with zero attached hydrogens (tertiary/aromatic N) is 1. The van der Waals surface area contributed by atoms with Crippen molar-refractivity contribution in [2.75, 3.05) is 39.3 Å². The molecular weight excluding hydrogens is 266 g/mol. The Hall–Kier alpha value is -0.810. The maximum Gasteiger partial charge on any atom is 0.410 e. The van der Waals surface area contributed by atoms with Gasteiger partial charge in [0, 0.05) is 13.1 Å². The summed E-state index contributed by atoms with van der Waals surface area (Å²) >= 11 is 0. The number of piperidine rings is 1. The number of hydrogen-bond donors (Lipinski definition) is 2. The average Bonchev–Trinajstić information content (AvgIpc) is 2.87. The number of amides is 1. The van der Waals surface area contributed by atoms with Gasteiger partial charge < -0.3 is 20.3 Å². The van der Waals surface area contributed by atoms with Crippen LogP contribution in [0.15, 0.2) is 0 Å². The van der Waals surface area contributed by atoms with Crippen LogP contribution in [0.1, 0.15) is 40.0 Å². The lowest BCUT2D eigenvalue weighted by Crippen LogP contribution is -2.37. The zero-order valence-corrected chi connectivity index (χ0v) is 13.8. The van der Waals surface area contributed by atoms with E-state index < -0.39 is 5.60 Å². The molecule has 2 N–H and O–H groups in total. The van der Waals surface area contributed by atoms with Crippen LogP contribution >= 0.6 is 0 Å². The van der Waals surface area contributed by atoms with Crippen molar-refractivity contribution in [2.24, 2.45) is 11.8 Å². The Labute approximate surface area is 128 Å². The molecule has 0 bridgehead atoms. The highest BCUT2D eigenvalue weighted by atomic mass is 16.6. The maximum absolute atomic E-state index is 12.0. The van der Waals surface area contributed by atoms with Crippen LogP contribution in [0.2, 0.25) is 0 Å². The van der Waals surface area contributed by atoms with Crippen LogP contribution in [-0.4, -0.2) is 55.9 Å². The Kier molecular flexibility index (Phi) is 5.88. The minimum Gasteiger partial charge on any atom is -0.444 e. The molecule has 0 aromatic heterocycles. The van der Waals surface area contributed by atoms with Gasteiger partial charge in [-0.2, -0.15) is 0 Å². The molecule has 2 saturated heterocycles. The Balaban J connectivity index is 1.62. The molecule has 1 atom stereocenters. The Morgan fingerprint density at radius 3 is 2.52 bits per heavy atom. The van der Waals surface area contributed by atoms with E-state index in [0.29, 0.717) is 5.92 Å². The van der Waals surface area contributed by atoms with Crippen LogP contribution in [-0.2, 0) is 4.74 Å². The molecule has 2 rings (SSSR count). The van der Waals surface area contributed by atoms with E-state index in [2.05, 4.69) is 10.6 Å². The SMILES string of the molecule is CC(C)(C)OC(=O)N1CCC(CNCC2CCNCC2)C1. The van der Waals surface area contributed by atoms with Gasteiger partial charge in [-0.15, -0.1) is 0 Å². The van der Waals surface area contributed by atoms with Gasteiger partial charge in [0.1, 0.15) is 5.60 Å². The van der Waals surface area contributed by atoms with E-state index >= 15 is 0 Å². The average molecular weight is 297 g/mol. The molecule has 0 saturated carbocycles. The summed E-state index contributed by atoms with van der Waals surface area (Å²) in [6.07, 6.45) is 3.48. The zero-order valence-electron chi connectivity index (χ0n) is 13.8. The largest absolute Gasteiger partial charge is 0.444 e. The molecule has 5 nitrogen and oxygen atoms in total. The second kappa shape index (κ2) is 7.45. The molecule has 0 aromatic carbocycles. The summed E-state index contributed by atoms with van der Waals surface area (Å²) in [5.74, 6) is 1.38. The van der Waals surface area contributed by atoms with Crippen molar-refractivity contribution in [2.45, 2.75) is 45.6 Å². The van der Waals surface area contributed by atoms with Gasteiger partial charge in [-0.3, -0.25) is 0 Å². The minimum atomic E-state index is -0.400. The molecule has 122 valence electrons. The fourth-order valence-corrected chi connectivity index (χ4v) is 3.07.